The third-order valence-corrected chi connectivity index (χ3v) is 4.71. The van der Waals surface area contributed by atoms with Crippen molar-refractivity contribution in [3.05, 3.63) is 71.5 Å². The van der Waals surface area contributed by atoms with E-state index in [1.165, 1.54) is 22.9 Å². The molecule has 1 amide bonds. The predicted molar refractivity (Wildman–Crippen MR) is 116 cm³/mol. The number of oxazole rings is 1. The summed E-state index contributed by atoms with van der Waals surface area (Å²) in [5, 5.41) is 10.2. The van der Waals surface area contributed by atoms with Crippen LogP contribution >= 0.6 is 0 Å². The Hall–Kier alpha value is -4.21. The second kappa shape index (κ2) is 8.88. The first-order chi connectivity index (χ1) is 15.5. The van der Waals surface area contributed by atoms with Gasteiger partial charge in [-0.05, 0) is 50.2 Å². The summed E-state index contributed by atoms with van der Waals surface area (Å²) in [7, 11) is 0. The van der Waals surface area contributed by atoms with E-state index >= 15 is 0 Å². The molecule has 10 heteroatoms. The SMILES string of the molecule is CCOc1ccc(-c2nc(Cn3nnc(C(=O)Nc4ccccc4F)c3N)c(C)o2)cc1. The molecule has 0 atom stereocenters. The number of hydrogen-bond donors (Lipinski definition) is 2. The van der Waals surface area contributed by atoms with Gasteiger partial charge in [-0.2, -0.15) is 0 Å². The summed E-state index contributed by atoms with van der Waals surface area (Å²) in [6.45, 7) is 4.43. The van der Waals surface area contributed by atoms with E-state index in [1.807, 2.05) is 31.2 Å². The van der Waals surface area contributed by atoms with E-state index in [0.717, 1.165) is 11.3 Å². The van der Waals surface area contributed by atoms with Crippen LogP contribution in [0.5, 0.6) is 5.75 Å². The molecule has 0 saturated carbocycles. The molecule has 4 rings (SSSR count). The van der Waals surface area contributed by atoms with Gasteiger partial charge in [-0.1, -0.05) is 17.3 Å². The fourth-order valence-electron chi connectivity index (χ4n) is 3.04. The van der Waals surface area contributed by atoms with E-state index in [2.05, 4.69) is 20.6 Å². The van der Waals surface area contributed by atoms with Crippen molar-refractivity contribution in [2.45, 2.75) is 20.4 Å². The van der Waals surface area contributed by atoms with Crippen LogP contribution in [0, 0.1) is 12.7 Å². The number of halogens is 1. The minimum absolute atomic E-state index is 0.0267. The molecular formula is C22H21FN6O3. The molecule has 9 nitrogen and oxygen atoms in total. The van der Waals surface area contributed by atoms with Crippen LogP contribution in [-0.2, 0) is 6.54 Å². The molecule has 164 valence electrons. The van der Waals surface area contributed by atoms with Gasteiger partial charge in [-0.3, -0.25) is 4.79 Å². The normalized spacial score (nSPS) is 10.8. The second-order valence-electron chi connectivity index (χ2n) is 6.89. The highest BCUT2D eigenvalue weighted by atomic mass is 19.1. The average molecular weight is 436 g/mol. The van der Waals surface area contributed by atoms with E-state index in [1.54, 1.807) is 13.0 Å². The van der Waals surface area contributed by atoms with Crippen molar-refractivity contribution in [3.8, 4) is 17.2 Å². The largest absolute Gasteiger partial charge is 0.494 e. The molecule has 0 radical (unpaired) electrons. The van der Waals surface area contributed by atoms with Crippen LogP contribution < -0.4 is 15.8 Å². The van der Waals surface area contributed by atoms with Crippen LogP contribution in [0.25, 0.3) is 11.5 Å². The highest BCUT2D eigenvalue weighted by Crippen LogP contribution is 2.25. The Balaban J connectivity index is 1.51. The second-order valence-corrected chi connectivity index (χ2v) is 6.89. The highest BCUT2D eigenvalue weighted by Gasteiger charge is 2.21. The van der Waals surface area contributed by atoms with Crippen molar-refractivity contribution in [2.75, 3.05) is 17.7 Å². The van der Waals surface area contributed by atoms with Gasteiger partial charge in [0.05, 0.1) is 18.8 Å². The van der Waals surface area contributed by atoms with Gasteiger partial charge in [-0.15, -0.1) is 5.10 Å². The summed E-state index contributed by atoms with van der Waals surface area (Å²) in [6.07, 6.45) is 0. The highest BCUT2D eigenvalue weighted by molar-refractivity contribution is 6.05. The zero-order valence-electron chi connectivity index (χ0n) is 17.5. The Labute approximate surface area is 183 Å². The molecule has 0 aliphatic heterocycles. The molecule has 0 bridgehead atoms. The number of amides is 1. The number of nitrogen functional groups attached to an aromatic ring is 1. The first-order valence-electron chi connectivity index (χ1n) is 9.90. The number of para-hydroxylation sites is 1. The molecule has 0 unspecified atom stereocenters. The number of benzene rings is 2. The van der Waals surface area contributed by atoms with Gasteiger partial charge in [0, 0.05) is 5.56 Å². The van der Waals surface area contributed by atoms with E-state index in [-0.39, 0.29) is 23.7 Å². The Morgan fingerprint density at radius 2 is 1.97 bits per heavy atom. The molecule has 0 fully saturated rings. The number of aryl methyl sites for hydroxylation is 1. The monoisotopic (exact) mass is 436 g/mol. The van der Waals surface area contributed by atoms with Crippen molar-refractivity contribution in [2.24, 2.45) is 0 Å². The Morgan fingerprint density at radius 1 is 1.22 bits per heavy atom. The third kappa shape index (κ3) is 4.29. The Morgan fingerprint density at radius 3 is 2.69 bits per heavy atom. The standard InChI is InChI=1S/C22H21FN6O3/c1-3-31-15-10-8-14(9-11-15)22-26-18(13(2)32-22)12-29-20(24)19(27-28-29)21(30)25-17-7-5-4-6-16(17)23/h4-11H,3,12,24H2,1-2H3,(H,25,30). The zero-order valence-corrected chi connectivity index (χ0v) is 17.5. The van der Waals surface area contributed by atoms with E-state index in [4.69, 9.17) is 14.9 Å². The van der Waals surface area contributed by atoms with Gasteiger partial charge < -0.3 is 20.2 Å². The number of ether oxygens (including phenoxy) is 1. The summed E-state index contributed by atoms with van der Waals surface area (Å²) in [6, 6.07) is 13.2. The molecule has 2 aromatic heterocycles. The van der Waals surface area contributed by atoms with E-state index in [0.29, 0.717) is 24.0 Å². The zero-order chi connectivity index (χ0) is 22.7. The molecule has 3 N–H and O–H groups in total. The lowest BCUT2D eigenvalue weighted by atomic mass is 10.2. The average Bonchev–Trinajstić information content (AvgIpc) is 3.33. The number of anilines is 2. The van der Waals surface area contributed by atoms with E-state index < -0.39 is 11.7 Å². The third-order valence-electron chi connectivity index (χ3n) is 4.71. The molecule has 0 spiro atoms. The molecule has 32 heavy (non-hydrogen) atoms. The van der Waals surface area contributed by atoms with Gasteiger partial charge in [0.25, 0.3) is 5.91 Å². The molecular weight excluding hydrogens is 415 g/mol. The minimum atomic E-state index is -0.661. The number of nitrogens with two attached hydrogens (primary N) is 1. The summed E-state index contributed by atoms with van der Waals surface area (Å²) in [5.74, 6) is 0.593. The lowest BCUT2D eigenvalue weighted by Gasteiger charge is -2.05. The maximum atomic E-state index is 13.8. The van der Waals surface area contributed by atoms with E-state index in [9.17, 15) is 9.18 Å². The first kappa shape index (κ1) is 21.0. The smallest absolute Gasteiger partial charge is 0.280 e. The predicted octanol–water partition coefficient (Wildman–Crippen LogP) is 3.66. The fourth-order valence-corrected chi connectivity index (χ4v) is 3.04. The number of nitrogens with one attached hydrogen (secondary N) is 1. The summed E-state index contributed by atoms with van der Waals surface area (Å²) in [4.78, 5) is 17.0. The summed E-state index contributed by atoms with van der Waals surface area (Å²) in [5.41, 5.74) is 7.37. The van der Waals surface area contributed by atoms with Gasteiger partial charge >= 0.3 is 0 Å². The number of nitrogens with zero attached hydrogens (tertiary/aromatic N) is 4. The van der Waals surface area contributed by atoms with Crippen LogP contribution in [0.2, 0.25) is 0 Å². The van der Waals surface area contributed by atoms with Crippen LogP contribution in [0.3, 0.4) is 0 Å². The maximum Gasteiger partial charge on any atom is 0.280 e. The Bertz CT molecular complexity index is 1250. The number of hydrogen-bond acceptors (Lipinski definition) is 7. The van der Waals surface area contributed by atoms with Crippen LogP contribution in [0.4, 0.5) is 15.9 Å². The van der Waals surface area contributed by atoms with Gasteiger partial charge in [0.15, 0.2) is 11.5 Å². The quantitative estimate of drug-likeness (QED) is 0.453. The molecule has 2 heterocycles. The lowest BCUT2D eigenvalue weighted by molar-refractivity contribution is 0.102. The van der Waals surface area contributed by atoms with Gasteiger partial charge in [0.1, 0.15) is 23.0 Å². The number of rotatable bonds is 7. The molecule has 0 saturated heterocycles. The Kier molecular flexibility index (Phi) is 5.84. The lowest BCUT2D eigenvalue weighted by Crippen LogP contribution is -2.16. The summed E-state index contributed by atoms with van der Waals surface area (Å²) >= 11 is 0. The topological polar surface area (TPSA) is 121 Å². The van der Waals surface area contributed by atoms with Crippen molar-refractivity contribution in [1.29, 1.82) is 0 Å². The number of aromatic nitrogens is 4. The molecule has 4 aromatic rings. The van der Waals surface area contributed by atoms with Crippen molar-refractivity contribution >= 4 is 17.4 Å². The summed E-state index contributed by atoms with van der Waals surface area (Å²) < 4.78 is 26.4. The minimum Gasteiger partial charge on any atom is -0.494 e. The molecule has 0 aliphatic rings. The fraction of sp³-hybridized carbons (Fsp3) is 0.182. The number of carbonyl (C=O) groups is 1. The van der Waals surface area contributed by atoms with Gasteiger partial charge in [-0.25, -0.2) is 14.1 Å². The van der Waals surface area contributed by atoms with Crippen molar-refractivity contribution in [3.63, 3.8) is 0 Å². The molecule has 0 aliphatic carbocycles. The maximum absolute atomic E-state index is 13.8. The van der Waals surface area contributed by atoms with Crippen LogP contribution in [-0.4, -0.2) is 32.5 Å². The van der Waals surface area contributed by atoms with Crippen LogP contribution in [0.1, 0.15) is 28.9 Å². The number of carbonyl (C=O) groups excluding carboxylic acids is 1. The first-order valence-corrected chi connectivity index (χ1v) is 9.90. The van der Waals surface area contributed by atoms with Crippen molar-refractivity contribution < 1.29 is 18.3 Å². The molecule has 2 aromatic carbocycles. The van der Waals surface area contributed by atoms with Crippen molar-refractivity contribution in [1.82, 2.24) is 20.0 Å². The van der Waals surface area contributed by atoms with Gasteiger partial charge in [0.2, 0.25) is 5.89 Å². The van der Waals surface area contributed by atoms with Crippen LogP contribution in [0.15, 0.2) is 52.9 Å².